The van der Waals surface area contributed by atoms with Gasteiger partial charge in [-0.3, -0.25) is 0 Å². The number of rotatable bonds is 1. The van der Waals surface area contributed by atoms with Crippen LogP contribution in [0.15, 0.2) is 18.2 Å². The molecule has 1 aliphatic rings. The minimum Gasteiger partial charge on any atom is -0.467 e. The predicted molar refractivity (Wildman–Crippen MR) is 63.8 cm³/mol. The van der Waals surface area contributed by atoms with Crippen LogP contribution in [-0.4, -0.2) is 19.1 Å². The molecular weight excluding hydrogens is 226 g/mol. The molecule has 1 heterocycles. The molecule has 0 aliphatic carbocycles. The fourth-order valence-electron chi connectivity index (χ4n) is 1.98. The maximum Gasteiger partial charge on any atom is 0.328 e. The van der Waals surface area contributed by atoms with E-state index in [-0.39, 0.29) is 12.0 Å². The maximum absolute atomic E-state index is 11.5. The number of esters is 1. The van der Waals surface area contributed by atoms with Crippen molar-refractivity contribution in [3.05, 3.63) is 28.8 Å². The number of methoxy groups -OCH3 is 1. The van der Waals surface area contributed by atoms with E-state index in [0.717, 1.165) is 24.9 Å². The highest BCUT2D eigenvalue weighted by Crippen LogP contribution is 2.27. The van der Waals surface area contributed by atoms with Crippen molar-refractivity contribution in [1.29, 1.82) is 0 Å². The first-order valence-electron chi connectivity index (χ1n) is 5.33. The van der Waals surface area contributed by atoms with E-state index in [1.807, 2.05) is 18.2 Å². The molecule has 2 rings (SSSR count). The first kappa shape index (κ1) is 11.3. The van der Waals surface area contributed by atoms with Crippen LogP contribution in [0.5, 0.6) is 0 Å². The van der Waals surface area contributed by atoms with E-state index in [0.29, 0.717) is 5.02 Å². The number of carbonyl (C=O) groups is 1. The molecule has 1 N–H and O–H groups in total. The molecule has 0 radical (unpaired) electrons. The van der Waals surface area contributed by atoms with Crippen LogP contribution in [-0.2, 0) is 16.0 Å². The van der Waals surface area contributed by atoms with Gasteiger partial charge in [0.15, 0.2) is 0 Å². The SMILES string of the molecule is COC(=O)C1CCCc2ccc(Cl)cc2N1. The highest BCUT2D eigenvalue weighted by molar-refractivity contribution is 6.30. The number of carbonyl (C=O) groups excluding carboxylic acids is 1. The zero-order chi connectivity index (χ0) is 11.5. The molecule has 1 aromatic rings. The van der Waals surface area contributed by atoms with Gasteiger partial charge < -0.3 is 10.1 Å². The standard InChI is InChI=1S/C12H14ClNO2/c1-16-12(15)10-4-2-3-8-5-6-9(13)7-11(8)14-10/h5-7,10,14H,2-4H2,1H3. The van der Waals surface area contributed by atoms with Crippen molar-refractivity contribution < 1.29 is 9.53 Å². The van der Waals surface area contributed by atoms with Crippen molar-refractivity contribution in [3.63, 3.8) is 0 Å². The van der Waals surface area contributed by atoms with Crippen molar-refractivity contribution in [3.8, 4) is 0 Å². The summed E-state index contributed by atoms with van der Waals surface area (Å²) in [6.45, 7) is 0. The molecule has 3 nitrogen and oxygen atoms in total. The summed E-state index contributed by atoms with van der Waals surface area (Å²) in [7, 11) is 1.41. The van der Waals surface area contributed by atoms with Crippen LogP contribution in [0.25, 0.3) is 0 Å². The lowest BCUT2D eigenvalue weighted by Crippen LogP contribution is -2.29. The van der Waals surface area contributed by atoms with E-state index in [1.54, 1.807) is 0 Å². The van der Waals surface area contributed by atoms with Crippen molar-refractivity contribution in [1.82, 2.24) is 0 Å². The number of hydrogen-bond acceptors (Lipinski definition) is 3. The molecule has 86 valence electrons. The molecule has 0 fully saturated rings. The summed E-state index contributed by atoms with van der Waals surface area (Å²) in [4.78, 5) is 11.5. The molecule has 0 spiro atoms. The Morgan fingerprint density at radius 3 is 3.12 bits per heavy atom. The largest absolute Gasteiger partial charge is 0.467 e. The van der Waals surface area contributed by atoms with Crippen LogP contribution in [0.1, 0.15) is 18.4 Å². The van der Waals surface area contributed by atoms with Crippen LogP contribution in [0.3, 0.4) is 0 Å². The van der Waals surface area contributed by atoms with Gasteiger partial charge in [-0.1, -0.05) is 17.7 Å². The summed E-state index contributed by atoms with van der Waals surface area (Å²) in [6, 6.07) is 5.48. The van der Waals surface area contributed by atoms with E-state index < -0.39 is 0 Å². The van der Waals surface area contributed by atoms with E-state index in [4.69, 9.17) is 16.3 Å². The summed E-state index contributed by atoms with van der Waals surface area (Å²) in [5.41, 5.74) is 2.15. The molecule has 0 bridgehead atoms. The lowest BCUT2D eigenvalue weighted by atomic mass is 10.1. The third-order valence-electron chi connectivity index (χ3n) is 2.83. The van der Waals surface area contributed by atoms with Crippen LogP contribution in [0.2, 0.25) is 5.02 Å². The normalized spacial score (nSPS) is 19.2. The highest BCUT2D eigenvalue weighted by Gasteiger charge is 2.22. The van der Waals surface area contributed by atoms with Crippen LogP contribution in [0, 0.1) is 0 Å². The monoisotopic (exact) mass is 239 g/mol. The maximum atomic E-state index is 11.5. The van der Waals surface area contributed by atoms with E-state index >= 15 is 0 Å². The number of aryl methyl sites for hydroxylation is 1. The zero-order valence-corrected chi connectivity index (χ0v) is 9.88. The van der Waals surface area contributed by atoms with Gasteiger partial charge >= 0.3 is 5.97 Å². The van der Waals surface area contributed by atoms with Gasteiger partial charge in [-0.05, 0) is 37.0 Å². The molecular formula is C12H14ClNO2. The van der Waals surface area contributed by atoms with Gasteiger partial charge in [-0.15, -0.1) is 0 Å². The van der Waals surface area contributed by atoms with Gasteiger partial charge in [0.25, 0.3) is 0 Å². The highest BCUT2D eigenvalue weighted by atomic mass is 35.5. The van der Waals surface area contributed by atoms with Gasteiger partial charge in [0.1, 0.15) is 6.04 Å². The Morgan fingerprint density at radius 2 is 2.38 bits per heavy atom. The molecule has 0 amide bonds. The molecule has 1 unspecified atom stereocenters. The van der Waals surface area contributed by atoms with Crippen LogP contribution in [0.4, 0.5) is 5.69 Å². The van der Waals surface area contributed by atoms with Gasteiger partial charge in [0.2, 0.25) is 0 Å². The predicted octanol–water partition coefficient (Wildman–Crippen LogP) is 2.63. The third kappa shape index (κ3) is 2.30. The smallest absolute Gasteiger partial charge is 0.328 e. The van der Waals surface area contributed by atoms with Crippen LogP contribution >= 0.6 is 11.6 Å². The Hall–Kier alpha value is -1.22. The molecule has 1 aromatic carbocycles. The van der Waals surface area contributed by atoms with Crippen molar-refractivity contribution in [2.75, 3.05) is 12.4 Å². The summed E-state index contributed by atoms with van der Waals surface area (Å²) < 4.78 is 4.76. The second-order valence-corrected chi connectivity index (χ2v) is 4.35. The minimum atomic E-state index is -0.260. The summed E-state index contributed by atoms with van der Waals surface area (Å²) in [5, 5.41) is 3.87. The number of benzene rings is 1. The topological polar surface area (TPSA) is 38.3 Å². The van der Waals surface area contributed by atoms with Crippen molar-refractivity contribution >= 4 is 23.3 Å². The van der Waals surface area contributed by atoms with E-state index in [9.17, 15) is 4.79 Å². The molecule has 4 heteroatoms. The lowest BCUT2D eigenvalue weighted by molar-refractivity contribution is -0.141. The Morgan fingerprint density at radius 1 is 1.56 bits per heavy atom. The van der Waals surface area contributed by atoms with Gasteiger partial charge in [0, 0.05) is 10.7 Å². The molecule has 1 aliphatic heterocycles. The Balaban J connectivity index is 2.25. The quantitative estimate of drug-likeness (QED) is 0.766. The molecule has 0 saturated carbocycles. The second kappa shape index (κ2) is 4.74. The number of halogens is 1. The Bertz CT molecular complexity index is 406. The summed E-state index contributed by atoms with van der Waals surface area (Å²) in [6.07, 6.45) is 2.73. The second-order valence-electron chi connectivity index (χ2n) is 3.91. The van der Waals surface area contributed by atoms with Crippen LogP contribution < -0.4 is 5.32 Å². The van der Waals surface area contributed by atoms with Gasteiger partial charge in [-0.2, -0.15) is 0 Å². The number of hydrogen-bond donors (Lipinski definition) is 1. The lowest BCUT2D eigenvalue weighted by Gasteiger charge is -2.15. The average Bonchev–Trinajstić information content (AvgIpc) is 2.49. The third-order valence-corrected chi connectivity index (χ3v) is 3.06. The number of ether oxygens (including phenoxy) is 1. The summed E-state index contributed by atoms with van der Waals surface area (Å²) >= 11 is 5.93. The number of fused-ring (bicyclic) bond motifs is 1. The molecule has 16 heavy (non-hydrogen) atoms. The summed E-state index contributed by atoms with van der Waals surface area (Å²) in [5.74, 6) is -0.215. The average molecular weight is 240 g/mol. The molecule has 1 atom stereocenters. The first-order chi connectivity index (χ1) is 7.70. The van der Waals surface area contributed by atoms with Crippen molar-refractivity contribution in [2.24, 2.45) is 0 Å². The number of anilines is 1. The fourth-order valence-corrected chi connectivity index (χ4v) is 2.15. The van der Waals surface area contributed by atoms with E-state index in [2.05, 4.69) is 5.32 Å². The van der Waals surface area contributed by atoms with Gasteiger partial charge in [-0.25, -0.2) is 4.79 Å². The minimum absolute atomic E-state index is 0.215. The van der Waals surface area contributed by atoms with Gasteiger partial charge in [0.05, 0.1) is 7.11 Å². The Labute approximate surface area is 99.7 Å². The molecule has 0 saturated heterocycles. The zero-order valence-electron chi connectivity index (χ0n) is 9.13. The fraction of sp³-hybridized carbons (Fsp3) is 0.417. The molecule has 0 aromatic heterocycles. The van der Waals surface area contributed by atoms with E-state index in [1.165, 1.54) is 12.7 Å². The van der Waals surface area contributed by atoms with Crippen molar-refractivity contribution in [2.45, 2.75) is 25.3 Å². The first-order valence-corrected chi connectivity index (χ1v) is 5.71. The Kier molecular flexibility index (Phi) is 3.34. The number of nitrogens with one attached hydrogen (secondary N) is 1.